The predicted molar refractivity (Wildman–Crippen MR) is 67.7 cm³/mol. The van der Waals surface area contributed by atoms with Gasteiger partial charge in [0, 0.05) is 14.5 Å². The molecule has 0 N–H and O–H groups in total. The summed E-state index contributed by atoms with van der Waals surface area (Å²) in [7, 11) is -1.28. The molecule has 0 aromatic carbocycles. The Hall–Kier alpha value is -0.573. The van der Waals surface area contributed by atoms with Crippen molar-refractivity contribution in [1.29, 1.82) is 0 Å². The van der Waals surface area contributed by atoms with Gasteiger partial charge in [-0.2, -0.15) is 0 Å². The molecule has 0 spiro atoms. The molecule has 0 bridgehead atoms. The third-order valence-electron chi connectivity index (χ3n) is 2.67. The monoisotopic (exact) mass is 228 g/mol. The van der Waals surface area contributed by atoms with Gasteiger partial charge >= 0.3 is 5.97 Å². The van der Waals surface area contributed by atoms with Crippen molar-refractivity contribution in [3.8, 4) is 0 Å². The van der Waals surface area contributed by atoms with Gasteiger partial charge < -0.3 is 4.74 Å². The van der Waals surface area contributed by atoms with Gasteiger partial charge in [-0.25, -0.2) is 0 Å². The highest BCUT2D eigenvalue weighted by Crippen LogP contribution is 2.33. The molecule has 0 radical (unpaired) electrons. The zero-order valence-corrected chi connectivity index (χ0v) is 11.7. The third kappa shape index (κ3) is 5.77. The molecule has 0 aromatic heterocycles. The van der Waals surface area contributed by atoms with Crippen LogP contribution < -0.4 is 0 Å². The van der Waals surface area contributed by atoms with E-state index in [4.69, 9.17) is 4.74 Å². The lowest BCUT2D eigenvalue weighted by Gasteiger charge is -2.31. The average Bonchev–Trinajstić information content (AvgIpc) is 2.08. The summed E-state index contributed by atoms with van der Waals surface area (Å²) in [5.41, 5.74) is 0.495. The number of carbonyl (C=O) groups excluding carboxylic acids is 1. The summed E-state index contributed by atoms with van der Waals surface area (Å²) in [4.78, 5) is 11.5. The molecule has 0 heterocycles. The number of ether oxygens (including phenoxy) is 1. The quantitative estimate of drug-likeness (QED) is 0.395. The first-order chi connectivity index (χ1) is 6.79. The molecule has 2 nitrogen and oxygen atoms in total. The summed E-state index contributed by atoms with van der Waals surface area (Å²) in [6.45, 7) is 15.1. The molecule has 0 amide bonds. The van der Waals surface area contributed by atoms with Crippen LogP contribution in [0.15, 0.2) is 12.7 Å². The summed E-state index contributed by atoms with van der Waals surface area (Å²) < 4.78 is 5.03. The van der Waals surface area contributed by atoms with E-state index in [2.05, 4.69) is 40.1 Å². The SMILES string of the molecule is C=CCOC(=O)C[C@@H](C(C)C)[Si](C)(C)C. The van der Waals surface area contributed by atoms with Gasteiger partial charge in [0.1, 0.15) is 6.61 Å². The van der Waals surface area contributed by atoms with Crippen molar-refractivity contribution in [2.24, 2.45) is 5.92 Å². The highest BCUT2D eigenvalue weighted by molar-refractivity contribution is 6.77. The van der Waals surface area contributed by atoms with Gasteiger partial charge in [0.2, 0.25) is 0 Å². The molecule has 1 atom stereocenters. The largest absolute Gasteiger partial charge is 0.461 e. The van der Waals surface area contributed by atoms with Crippen LogP contribution in [0.1, 0.15) is 20.3 Å². The number of hydrogen-bond donors (Lipinski definition) is 0. The lowest BCUT2D eigenvalue weighted by Crippen LogP contribution is -2.33. The molecular weight excluding hydrogens is 204 g/mol. The van der Waals surface area contributed by atoms with Gasteiger partial charge in [-0.1, -0.05) is 46.1 Å². The van der Waals surface area contributed by atoms with Crippen LogP contribution in [0.4, 0.5) is 0 Å². The lowest BCUT2D eigenvalue weighted by atomic mass is 10.1. The second-order valence-electron chi connectivity index (χ2n) is 5.39. The minimum absolute atomic E-state index is 0.0870. The van der Waals surface area contributed by atoms with E-state index in [1.165, 1.54) is 0 Å². The van der Waals surface area contributed by atoms with E-state index >= 15 is 0 Å². The standard InChI is InChI=1S/C12H24O2Si/c1-7-8-14-12(13)9-11(10(2)3)15(4,5)6/h7,10-11H,1,8-9H2,2-6H3/t11-/m0/s1. The van der Waals surface area contributed by atoms with Crippen LogP contribution in [0, 0.1) is 5.92 Å². The minimum atomic E-state index is -1.28. The second kappa shape index (κ2) is 6.11. The van der Waals surface area contributed by atoms with E-state index in [0.29, 0.717) is 24.5 Å². The highest BCUT2D eigenvalue weighted by atomic mass is 28.3. The first-order valence-corrected chi connectivity index (χ1v) is 9.13. The van der Waals surface area contributed by atoms with E-state index in [9.17, 15) is 4.79 Å². The van der Waals surface area contributed by atoms with Crippen molar-refractivity contribution in [1.82, 2.24) is 0 Å². The third-order valence-corrected chi connectivity index (χ3v) is 5.76. The van der Waals surface area contributed by atoms with E-state index in [0.717, 1.165) is 0 Å². The summed E-state index contributed by atoms with van der Waals surface area (Å²) in [6, 6.07) is 0. The van der Waals surface area contributed by atoms with Crippen molar-refractivity contribution in [3.05, 3.63) is 12.7 Å². The smallest absolute Gasteiger partial charge is 0.306 e. The summed E-state index contributed by atoms with van der Waals surface area (Å²) in [5, 5.41) is 0. The Morgan fingerprint density at radius 3 is 2.27 bits per heavy atom. The van der Waals surface area contributed by atoms with Crippen molar-refractivity contribution in [2.45, 2.75) is 45.5 Å². The van der Waals surface area contributed by atoms with Gasteiger partial charge in [-0.3, -0.25) is 4.79 Å². The molecule has 15 heavy (non-hydrogen) atoms. The zero-order chi connectivity index (χ0) is 12.1. The molecule has 0 saturated heterocycles. The number of hydrogen-bond acceptors (Lipinski definition) is 2. The van der Waals surface area contributed by atoms with Gasteiger partial charge in [0.05, 0.1) is 0 Å². The Kier molecular flexibility index (Phi) is 5.87. The number of rotatable bonds is 6. The summed E-state index contributed by atoms with van der Waals surface area (Å²) in [6.07, 6.45) is 2.16. The molecule has 0 aliphatic rings. The molecule has 3 heteroatoms. The van der Waals surface area contributed by atoms with Crippen LogP contribution in [0.5, 0.6) is 0 Å². The van der Waals surface area contributed by atoms with Crippen molar-refractivity contribution in [3.63, 3.8) is 0 Å². The van der Waals surface area contributed by atoms with Crippen molar-refractivity contribution in [2.75, 3.05) is 6.61 Å². The second-order valence-corrected chi connectivity index (χ2v) is 10.9. The van der Waals surface area contributed by atoms with Crippen molar-refractivity contribution >= 4 is 14.0 Å². The minimum Gasteiger partial charge on any atom is -0.461 e. The highest BCUT2D eigenvalue weighted by Gasteiger charge is 2.31. The predicted octanol–water partition coefficient (Wildman–Crippen LogP) is 3.47. The van der Waals surface area contributed by atoms with E-state index in [1.54, 1.807) is 6.08 Å². The Morgan fingerprint density at radius 2 is 1.93 bits per heavy atom. The molecule has 0 unspecified atom stereocenters. The maximum Gasteiger partial charge on any atom is 0.306 e. The number of carbonyl (C=O) groups is 1. The van der Waals surface area contributed by atoms with Crippen LogP contribution in [0.25, 0.3) is 0 Å². The topological polar surface area (TPSA) is 26.3 Å². The Bertz CT molecular complexity index is 216. The summed E-state index contributed by atoms with van der Waals surface area (Å²) in [5.74, 6) is 0.462. The molecule has 0 rings (SSSR count). The molecule has 0 aliphatic heterocycles. The maximum atomic E-state index is 11.5. The van der Waals surface area contributed by atoms with Gasteiger partial charge in [-0.05, 0) is 11.5 Å². The Balaban J connectivity index is 4.30. The Labute approximate surface area is 94.7 Å². The van der Waals surface area contributed by atoms with Crippen molar-refractivity contribution < 1.29 is 9.53 Å². The van der Waals surface area contributed by atoms with Gasteiger partial charge in [0.25, 0.3) is 0 Å². The fraction of sp³-hybridized carbons (Fsp3) is 0.750. The van der Waals surface area contributed by atoms with Gasteiger partial charge in [-0.15, -0.1) is 0 Å². The molecule has 88 valence electrons. The molecule has 0 aliphatic carbocycles. The normalized spacial score (nSPS) is 13.7. The lowest BCUT2D eigenvalue weighted by molar-refractivity contribution is -0.142. The van der Waals surface area contributed by atoms with E-state index < -0.39 is 8.07 Å². The first-order valence-electron chi connectivity index (χ1n) is 5.55. The molecule has 0 aromatic rings. The molecular formula is C12H24O2Si. The fourth-order valence-corrected chi connectivity index (χ4v) is 4.71. The summed E-state index contributed by atoms with van der Waals surface area (Å²) >= 11 is 0. The van der Waals surface area contributed by atoms with Crippen LogP contribution in [-0.4, -0.2) is 20.7 Å². The van der Waals surface area contributed by atoms with Crippen LogP contribution in [0.3, 0.4) is 0 Å². The van der Waals surface area contributed by atoms with Crippen LogP contribution >= 0.6 is 0 Å². The molecule has 0 saturated carbocycles. The molecule has 0 fully saturated rings. The van der Waals surface area contributed by atoms with Crippen LogP contribution in [-0.2, 0) is 9.53 Å². The average molecular weight is 228 g/mol. The first kappa shape index (κ1) is 14.4. The number of esters is 1. The van der Waals surface area contributed by atoms with E-state index in [-0.39, 0.29) is 5.97 Å². The Morgan fingerprint density at radius 1 is 1.40 bits per heavy atom. The van der Waals surface area contributed by atoms with E-state index in [1.807, 2.05) is 0 Å². The van der Waals surface area contributed by atoms with Gasteiger partial charge in [0.15, 0.2) is 0 Å². The van der Waals surface area contributed by atoms with Crippen LogP contribution in [0.2, 0.25) is 25.2 Å². The fourth-order valence-electron chi connectivity index (χ4n) is 1.93. The maximum absolute atomic E-state index is 11.5. The zero-order valence-electron chi connectivity index (χ0n) is 10.7.